The molecular weight excluding hydrogens is 238 g/mol. The fourth-order valence-corrected chi connectivity index (χ4v) is 2.54. The van der Waals surface area contributed by atoms with Crippen LogP contribution in [0, 0.1) is 5.92 Å². The summed E-state index contributed by atoms with van der Waals surface area (Å²) < 4.78 is 0. The number of likely N-dealkylation sites (tertiary alicyclic amines) is 1. The van der Waals surface area contributed by atoms with Gasteiger partial charge in [0.1, 0.15) is 0 Å². The Bertz CT molecular complexity index is 256. The minimum absolute atomic E-state index is 0.212. The molecule has 0 unspecified atom stereocenters. The molecule has 1 N–H and O–H groups in total. The summed E-state index contributed by atoms with van der Waals surface area (Å²) in [5.41, 5.74) is 0. The fraction of sp³-hybridized carbons (Fsp3) is 0.933. The van der Waals surface area contributed by atoms with Crippen LogP contribution >= 0.6 is 0 Å². The molecule has 0 bridgehead atoms. The molecule has 0 saturated carbocycles. The van der Waals surface area contributed by atoms with Gasteiger partial charge in [0.15, 0.2) is 0 Å². The molecule has 0 aromatic carbocycles. The van der Waals surface area contributed by atoms with Gasteiger partial charge in [0.05, 0.1) is 6.54 Å². The first-order valence-electron chi connectivity index (χ1n) is 7.72. The molecule has 0 radical (unpaired) electrons. The van der Waals surface area contributed by atoms with Crippen LogP contribution in [0.2, 0.25) is 0 Å². The van der Waals surface area contributed by atoms with Crippen molar-refractivity contribution < 1.29 is 4.79 Å². The summed E-state index contributed by atoms with van der Waals surface area (Å²) in [6, 6.07) is 0.645. The number of rotatable bonds is 7. The van der Waals surface area contributed by atoms with Crippen LogP contribution in [0.25, 0.3) is 0 Å². The number of hydrogen-bond acceptors (Lipinski definition) is 3. The minimum Gasteiger partial charge on any atom is -0.348 e. The van der Waals surface area contributed by atoms with Crippen LogP contribution in [-0.4, -0.2) is 62.0 Å². The average molecular weight is 269 g/mol. The van der Waals surface area contributed by atoms with E-state index in [2.05, 4.69) is 24.1 Å². The molecule has 19 heavy (non-hydrogen) atoms. The summed E-state index contributed by atoms with van der Waals surface area (Å²) in [5, 5.41) is 3.70. The second-order valence-electron chi connectivity index (χ2n) is 5.93. The molecule has 0 atom stereocenters. The highest BCUT2D eigenvalue weighted by Gasteiger charge is 2.21. The lowest BCUT2D eigenvalue weighted by atomic mass is 10.0. The van der Waals surface area contributed by atoms with E-state index >= 15 is 0 Å². The number of hydrogen-bond donors (Lipinski definition) is 1. The number of amides is 1. The van der Waals surface area contributed by atoms with Crippen molar-refractivity contribution in [1.29, 1.82) is 0 Å². The molecule has 1 saturated heterocycles. The smallest absolute Gasteiger partial charge is 0.236 e. The second-order valence-corrected chi connectivity index (χ2v) is 5.93. The van der Waals surface area contributed by atoms with E-state index < -0.39 is 0 Å². The number of nitrogens with zero attached hydrogens (tertiary/aromatic N) is 2. The molecule has 1 aliphatic rings. The molecular formula is C15H31N3O. The molecule has 1 fully saturated rings. The molecule has 0 spiro atoms. The zero-order valence-electron chi connectivity index (χ0n) is 13.1. The van der Waals surface area contributed by atoms with Crippen molar-refractivity contribution in [2.45, 2.75) is 45.6 Å². The number of carbonyl (C=O) groups is 1. The molecule has 0 aromatic heterocycles. The summed E-state index contributed by atoms with van der Waals surface area (Å²) in [4.78, 5) is 15.6. The molecule has 1 rings (SSSR count). The topological polar surface area (TPSA) is 35.6 Å². The molecule has 4 nitrogen and oxygen atoms in total. The Morgan fingerprint density at radius 2 is 1.84 bits per heavy atom. The third kappa shape index (κ3) is 5.91. The third-order valence-electron chi connectivity index (χ3n) is 4.30. The van der Waals surface area contributed by atoms with E-state index in [1.165, 1.54) is 25.7 Å². The van der Waals surface area contributed by atoms with E-state index in [0.717, 1.165) is 25.6 Å². The van der Waals surface area contributed by atoms with E-state index in [-0.39, 0.29) is 5.91 Å². The number of nitrogens with one attached hydrogen (secondary N) is 1. The number of piperidine rings is 1. The third-order valence-corrected chi connectivity index (χ3v) is 4.30. The van der Waals surface area contributed by atoms with Crippen LogP contribution in [0.5, 0.6) is 0 Å². The van der Waals surface area contributed by atoms with Gasteiger partial charge in [0, 0.05) is 33.2 Å². The predicted molar refractivity (Wildman–Crippen MR) is 80.2 cm³/mol. The fourth-order valence-electron chi connectivity index (χ4n) is 2.54. The van der Waals surface area contributed by atoms with Gasteiger partial charge in [-0.15, -0.1) is 0 Å². The molecule has 1 aliphatic heterocycles. The molecule has 112 valence electrons. The predicted octanol–water partition coefficient (Wildman–Crippen LogP) is 1.56. The van der Waals surface area contributed by atoms with Crippen molar-refractivity contribution in [2.24, 2.45) is 5.92 Å². The van der Waals surface area contributed by atoms with Crippen LogP contribution < -0.4 is 5.32 Å². The zero-order valence-corrected chi connectivity index (χ0v) is 13.1. The normalized spacial score (nSPS) is 17.9. The standard InChI is InChI=1S/C15H31N3O/c1-5-13(6-2)11-16-14-7-9-18(10-8-14)12-15(19)17(3)4/h13-14,16H,5-12H2,1-4H3. The largest absolute Gasteiger partial charge is 0.348 e. The summed E-state index contributed by atoms with van der Waals surface area (Å²) in [6.07, 6.45) is 4.86. The van der Waals surface area contributed by atoms with Crippen LogP contribution in [0.1, 0.15) is 39.5 Å². The summed E-state index contributed by atoms with van der Waals surface area (Å²) in [6.45, 7) is 8.34. The van der Waals surface area contributed by atoms with Crippen molar-refractivity contribution >= 4 is 5.91 Å². The average Bonchev–Trinajstić information content (AvgIpc) is 2.41. The lowest BCUT2D eigenvalue weighted by molar-refractivity contribution is -0.130. The van der Waals surface area contributed by atoms with Gasteiger partial charge in [-0.3, -0.25) is 9.69 Å². The first kappa shape index (κ1) is 16.4. The van der Waals surface area contributed by atoms with Crippen molar-refractivity contribution in [2.75, 3.05) is 40.3 Å². The monoisotopic (exact) mass is 269 g/mol. The Labute approximate surface area is 118 Å². The SMILES string of the molecule is CCC(CC)CNC1CCN(CC(=O)N(C)C)CC1. The Kier molecular flexibility index (Phi) is 7.39. The van der Waals surface area contributed by atoms with Gasteiger partial charge < -0.3 is 10.2 Å². The quantitative estimate of drug-likeness (QED) is 0.762. The lowest BCUT2D eigenvalue weighted by Gasteiger charge is -2.33. The van der Waals surface area contributed by atoms with Crippen molar-refractivity contribution in [3.05, 3.63) is 0 Å². The molecule has 0 aromatic rings. The highest BCUT2D eigenvalue weighted by atomic mass is 16.2. The zero-order chi connectivity index (χ0) is 14.3. The van der Waals surface area contributed by atoms with Gasteiger partial charge in [0.25, 0.3) is 0 Å². The van der Waals surface area contributed by atoms with Gasteiger partial charge in [-0.2, -0.15) is 0 Å². The highest BCUT2D eigenvalue weighted by Crippen LogP contribution is 2.12. The Hall–Kier alpha value is -0.610. The Balaban J connectivity index is 2.20. The second kappa shape index (κ2) is 8.54. The van der Waals surface area contributed by atoms with E-state index in [1.54, 1.807) is 4.90 Å². The Morgan fingerprint density at radius 3 is 2.32 bits per heavy atom. The van der Waals surface area contributed by atoms with Gasteiger partial charge >= 0.3 is 0 Å². The maximum atomic E-state index is 11.7. The molecule has 4 heteroatoms. The highest BCUT2D eigenvalue weighted by molar-refractivity contribution is 5.77. The molecule has 0 aliphatic carbocycles. The van der Waals surface area contributed by atoms with Gasteiger partial charge in [-0.05, 0) is 25.3 Å². The number of likely N-dealkylation sites (N-methyl/N-ethyl adjacent to an activating group) is 1. The van der Waals surface area contributed by atoms with Gasteiger partial charge in [-0.25, -0.2) is 0 Å². The van der Waals surface area contributed by atoms with Crippen LogP contribution in [0.15, 0.2) is 0 Å². The minimum atomic E-state index is 0.212. The summed E-state index contributed by atoms with van der Waals surface area (Å²) in [7, 11) is 3.65. The van der Waals surface area contributed by atoms with E-state index in [0.29, 0.717) is 12.6 Å². The number of carbonyl (C=O) groups excluding carboxylic acids is 1. The first-order chi connectivity index (χ1) is 9.06. The summed E-state index contributed by atoms with van der Waals surface area (Å²) >= 11 is 0. The van der Waals surface area contributed by atoms with Crippen LogP contribution in [0.3, 0.4) is 0 Å². The van der Waals surface area contributed by atoms with E-state index in [4.69, 9.17) is 0 Å². The Morgan fingerprint density at radius 1 is 1.26 bits per heavy atom. The van der Waals surface area contributed by atoms with Crippen molar-refractivity contribution in [3.63, 3.8) is 0 Å². The maximum Gasteiger partial charge on any atom is 0.236 e. The first-order valence-corrected chi connectivity index (χ1v) is 7.72. The van der Waals surface area contributed by atoms with E-state index in [1.807, 2.05) is 14.1 Å². The van der Waals surface area contributed by atoms with Crippen molar-refractivity contribution in [1.82, 2.24) is 15.1 Å². The van der Waals surface area contributed by atoms with Crippen LogP contribution in [0.4, 0.5) is 0 Å². The lowest BCUT2D eigenvalue weighted by Crippen LogP contribution is -2.46. The van der Waals surface area contributed by atoms with Gasteiger partial charge in [-0.1, -0.05) is 26.7 Å². The van der Waals surface area contributed by atoms with E-state index in [9.17, 15) is 4.79 Å². The summed E-state index contributed by atoms with van der Waals surface area (Å²) in [5.74, 6) is 1.02. The molecule has 1 amide bonds. The molecule has 1 heterocycles. The van der Waals surface area contributed by atoms with Crippen LogP contribution in [-0.2, 0) is 4.79 Å². The maximum absolute atomic E-state index is 11.7. The van der Waals surface area contributed by atoms with Crippen molar-refractivity contribution in [3.8, 4) is 0 Å². The van der Waals surface area contributed by atoms with Gasteiger partial charge in [0.2, 0.25) is 5.91 Å².